The standard InChI is InChI=1S/C21H25BFNO3S/c1-20(2)21(3,4)27-22(26-20)14-9-10-15(23)16(12-14)24-19(25)18-11-13-7-5-6-8-17(13)28-18/h9-12H,5-8H2,1-4H3,(H,24,25). The third-order valence-corrected chi connectivity index (χ3v) is 7.22. The van der Waals surface area contributed by atoms with Gasteiger partial charge >= 0.3 is 7.12 Å². The van der Waals surface area contributed by atoms with E-state index in [1.54, 1.807) is 12.1 Å². The number of aryl methyl sites for hydroxylation is 2. The Morgan fingerprint density at radius 3 is 2.46 bits per heavy atom. The zero-order valence-corrected chi connectivity index (χ0v) is 17.5. The second-order valence-electron chi connectivity index (χ2n) is 8.55. The third-order valence-electron chi connectivity index (χ3n) is 5.98. The van der Waals surface area contributed by atoms with Gasteiger partial charge in [0, 0.05) is 4.88 Å². The predicted octanol–water partition coefficient (Wildman–Crippen LogP) is 4.32. The van der Waals surface area contributed by atoms with Crippen LogP contribution >= 0.6 is 11.3 Å². The highest BCUT2D eigenvalue weighted by atomic mass is 32.1. The molecule has 1 amide bonds. The lowest BCUT2D eigenvalue weighted by molar-refractivity contribution is 0.00578. The molecule has 1 aliphatic heterocycles. The molecule has 0 atom stereocenters. The molecule has 1 fully saturated rings. The number of nitrogens with one attached hydrogen (secondary N) is 1. The summed E-state index contributed by atoms with van der Waals surface area (Å²) in [6.07, 6.45) is 4.37. The summed E-state index contributed by atoms with van der Waals surface area (Å²) in [4.78, 5) is 14.6. The van der Waals surface area contributed by atoms with Crippen molar-refractivity contribution in [1.29, 1.82) is 0 Å². The first kappa shape index (κ1) is 19.6. The molecule has 4 rings (SSSR count). The van der Waals surface area contributed by atoms with Crippen molar-refractivity contribution in [1.82, 2.24) is 0 Å². The van der Waals surface area contributed by atoms with Crippen molar-refractivity contribution in [3.8, 4) is 0 Å². The monoisotopic (exact) mass is 401 g/mol. The maximum Gasteiger partial charge on any atom is 0.494 e. The minimum Gasteiger partial charge on any atom is -0.399 e. The Balaban J connectivity index is 1.55. The van der Waals surface area contributed by atoms with E-state index in [1.807, 2.05) is 33.8 Å². The highest BCUT2D eigenvalue weighted by molar-refractivity contribution is 7.14. The van der Waals surface area contributed by atoms with Crippen LogP contribution in [-0.4, -0.2) is 24.2 Å². The number of hydrogen-bond acceptors (Lipinski definition) is 4. The van der Waals surface area contributed by atoms with E-state index < -0.39 is 24.1 Å². The lowest BCUT2D eigenvalue weighted by Crippen LogP contribution is -2.41. The van der Waals surface area contributed by atoms with Crippen LogP contribution in [0.15, 0.2) is 24.3 Å². The molecule has 7 heteroatoms. The number of halogens is 1. The normalized spacial score (nSPS) is 20.1. The number of hydrogen-bond donors (Lipinski definition) is 1. The number of carbonyl (C=O) groups excluding carboxylic acids is 1. The first-order chi connectivity index (χ1) is 13.2. The van der Waals surface area contributed by atoms with Crippen molar-refractivity contribution in [2.75, 3.05) is 5.32 Å². The number of anilines is 1. The minimum atomic E-state index is -0.602. The summed E-state index contributed by atoms with van der Waals surface area (Å²) < 4.78 is 26.4. The second-order valence-corrected chi connectivity index (χ2v) is 9.68. The largest absolute Gasteiger partial charge is 0.494 e. The lowest BCUT2D eigenvalue weighted by atomic mass is 9.79. The van der Waals surface area contributed by atoms with Gasteiger partial charge in [-0.05, 0) is 82.6 Å². The first-order valence-corrected chi connectivity index (χ1v) is 10.6. The Morgan fingerprint density at radius 2 is 1.79 bits per heavy atom. The molecule has 1 N–H and O–H groups in total. The van der Waals surface area contributed by atoms with Crippen LogP contribution in [0.25, 0.3) is 0 Å². The fraction of sp³-hybridized carbons (Fsp3) is 0.476. The molecule has 0 spiro atoms. The molecule has 2 aromatic rings. The number of carbonyl (C=O) groups is 1. The number of benzene rings is 1. The third kappa shape index (κ3) is 3.51. The molecular formula is C21H25BFNO3S. The van der Waals surface area contributed by atoms with Gasteiger partial charge in [0.15, 0.2) is 0 Å². The minimum absolute atomic E-state index is 0.142. The highest BCUT2D eigenvalue weighted by Gasteiger charge is 2.51. The van der Waals surface area contributed by atoms with Crippen LogP contribution in [0.1, 0.15) is 60.6 Å². The van der Waals surface area contributed by atoms with Gasteiger partial charge in [0.2, 0.25) is 0 Å². The molecule has 148 valence electrons. The van der Waals surface area contributed by atoms with Crippen molar-refractivity contribution in [3.63, 3.8) is 0 Å². The van der Waals surface area contributed by atoms with Crippen molar-refractivity contribution >= 4 is 35.5 Å². The molecule has 0 saturated carbocycles. The molecule has 1 aromatic heterocycles. The molecule has 0 radical (unpaired) electrons. The Kier molecular flexibility index (Phi) is 4.88. The van der Waals surface area contributed by atoms with E-state index in [0.717, 1.165) is 19.3 Å². The summed E-state index contributed by atoms with van der Waals surface area (Å²) >= 11 is 1.51. The summed E-state index contributed by atoms with van der Waals surface area (Å²) in [6.45, 7) is 7.88. The zero-order chi connectivity index (χ0) is 20.1. The van der Waals surface area contributed by atoms with Crippen LogP contribution in [-0.2, 0) is 22.2 Å². The average Bonchev–Trinajstić information content (AvgIpc) is 3.15. The van der Waals surface area contributed by atoms with Crippen molar-refractivity contribution in [3.05, 3.63) is 45.4 Å². The van der Waals surface area contributed by atoms with E-state index in [0.29, 0.717) is 10.3 Å². The predicted molar refractivity (Wildman–Crippen MR) is 111 cm³/mol. The lowest BCUT2D eigenvalue weighted by Gasteiger charge is -2.32. The van der Waals surface area contributed by atoms with Crippen molar-refractivity contribution < 1.29 is 18.5 Å². The van der Waals surface area contributed by atoms with E-state index in [9.17, 15) is 9.18 Å². The molecule has 4 nitrogen and oxygen atoms in total. The Hall–Kier alpha value is -1.70. The number of thiophene rings is 1. The summed E-state index contributed by atoms with van der Waals surface area (Å²) in [5.41, 5.74) is 1.12. The summed E-state index contributed by atoms with van der Waals surface area (Å²) in [5, 5.41) is 2.73. The average molecular weight is 401 g/mol. The maximum atomic E-state index is 14.4. The fourth-order valence-electron chi connectivity index (χ4n) is 3.55. The van der Waals surface area contributed by atoms with Crippen LogP contribution in [0.2, 0.25) is 0 Å². The molecule has 1 saturated heterocycles. The van der Waals surface area contributed by atoms with Crippen molar-refractivity contribution in [2.45, 2.75) is 64.6 Å². The maximum absolute atomic E-state index is 14.4. The molecular weight excluding hydrogens is 376 g/mol. The van der Waals surface area contributed by atoms with Crippen LogP contribution in [0.3, 0.4) is 0 Å². The molecule has 28 heavy (non-hydrogen) atoms. The van der Waals surface area contributed by atoms with Gasteiger partial charge in [-0.1, -0.05) is 6.07 Å². The molecule has 1 aliphatic carbocycles. The summed E-state index contributed by atoms with van der Waals surface area (Å²) in [5.74, 6) is -0.751. The Labute approximate surface area is 169 Å². The van der Waals surface area contributed by atoms with E-state index in [1.165, 1.54) is 34.3 Å². The SMILES string of the molecule is CC1(C)OB(c2ccc(F)c(NC(=O)c3cc4c(s3)CCCC4)c2)OC1(C)C. The number of amides is 1. The zero-order valence-electron chi connectivity index (χ0n) is 16.7. The van der Waals surface area contributed by atoms with Crippen LogP contribution in [0.4, 0.5) is 10.1 Å². The van der Waals surface area contributed by atoms with E-state index in [4.69, 9.17) is 9.31 Å². The number of fused-ring (bicyclic) bond motifs is 1. The van der Waals surface area contributed by atoms with Crippen LogP contribution in [0.5, 0.6) is 0 Å². The van der Waals surface area contributed by atoms with Crippen molar-refractivity contribution in [2.24, 2.45) is 0 Å². The second kappa shape index (κ2) is 6.97. The van der Waals surface area contributed by atoms with Gasteiger partial charge in [0.05, 0.1) is 21.8 Å². The quantitative estimate of drug-likeness (QED) is 0.780. The molecule has 2 heterocycles. The molecule has 0 bridgehead atoms. The van der Waals surface area contributed by atoms with Crippen LogP contribution < -0.4 is 10.8 Å². The Bertz CT molecular complexity index is 885. The van der Waals surface area contributed by atoms with Gasteiger partial charge in [-0.25, -0.2) is 4.39 Å². The van der Waals surface area contributed by atoms with Gasteiger partial charge in [0.25, 0.3) is 5.91 Å². The summed E-state index contributed by atoms with van der Waals surface area (Å²) in [6, 6.07) is 6.53. The van der Waals surface area contributed by atoms with E-state index in [2.05, 4.69) is 5.32 Å². The number of rotatable bonds is 3. The highest BCUT2D eigenvalue weighted by Crippen LogP contribution is 2.36. The Morgan fingerprint density at radius 1 is 1.11 bits per heavy atom. The molecule has 1 aromatic carbocycles. The van der Waals surface area contributed by atoms with E-state index in [-0.39, 0.29) is 11.6 Å². The topological polar surface area (TPSA) is 47.6 Å². The van der Waals surface area contributed by atoms with E-state index >= 15 is 0 Å². The first-order valence-electron chi connectivity index (χ1n) is 9.74. The van der Waals surface area contributed by atoms with Gasteiger partial charge in [-0.2, -0.15) is 0 Å². The van der Waals surface area contributed by atoms with Crippen LogP contribution in [0, 0.1) is 5.82 Å². The fourth-order valence-corrected chi connectivity index (χ4v) is 4.70. The summed E-state index contributed by atoms with van der Waals surface area (Å²) in [7, 11) is -0.602. The smallest absolute Gasteiger partial charge is 0.399 e. The van der Waals surface area contributed by atoms with Gasteiger partial charge in [-0.3, -0.25) is 4.79 Å². The molecule has 0 unspecified atom stereocenters. The van der Waals surface area contributed by atoms with Gasteiger partial charge in [0.1, 0.15) is 5.82 Å². The van der Waals surface area contributed by atoms with Gasteiger partial charge in [-0.15, -0.1) is 11.3 Å². The van der Waals surface area contributed by atoms with Gasteiger partial charge < -0.3 is 14.6 Å². The molecule has 2 aliphatic rings.